The molecule has 0 fully saturated rings. The van der Waals surface area contributed by atoms with Crippen LogP contribution >= 0.6 is 0 Å². The highest BCUT2D eigenvalue weighted by Crippen LogP contribution is 2.23. The summed E-state index contributed by atoms with van der Waals surface area (Å²) in [5, 5.41) is 0. The second kappa shape index (κ2) is 8.24. The zero-order valence-electron chi connectivity index (χ0n) is 15.1. The standard InChI is InChI=1S/C20H24N2O3/c1-22(2)20(23)19-12-16(21)9-8-15(19)7-5-6-14-10-17(24-3)13-18(11-14)25-4/h5-6,8-13H,7,21H2,1-4H3/b6-5+. The van der Waals surface area contributed by atoms with Crippen LogP contribution in [0.4, 0.5) is 5.69 Å². The number of hydrogen-bond acceptors (Lipinski definition) is 4. The third-order valence-corrected chi connectivity index (χ3v) is 3.79. The SMILES string of the molecule is COc1cc(/C=C/Cc2ccc(N)cc2C(=O)N(C)C)cc(OC)c1. The highest BCUT2D eigenvalue weighted by atomic mass is 16.5. The van der Waals surface area contributed by atoms with Crippen molar-refractivity contribution in [3.63, 3.8) is 0 Å². The van der Waals surface area contributed by atoms with Gasteiger partial charge < -0.3 is 20.1 Å². The molecule has 0 saturated carbocycles. The van der Waals surface area contributed by atoms with Crippen LogP contribution in [0.15, 0.2) is 42.5 Å². The van der Waals surface area contributed by atoms with E-state index in [9.17, 15) is 4.79 Å². The maximum absolute atomic E-state index is 12.3. The molecule has 0 aliphatic carbocycles. The highest BCUT2D eigenvalue weighted by molar-refractivity contribution is 5.96. The first-order chi connectivity index (χ1) is 11.9. The summed E-state index contributed by atoms with van der Waals surface area (Å²) in [6.45, 7) is 0. The Labute approximate surface area is 148 Å². The minimum Gasteiger partial charge on any atom is -0.497 e. The van der Waals surface area contributed by atoms with Gasteiger partial charge in [-0.15, -0.1) is 0 Å². The Bertz CT molecular complexity index is 760. The lowest BCUT2D eigenvalue weighted by Crippen LogP contribution is -2.23. The Balaban J connectivity index is 2.24. The van der Waals surface area contributed by atoms with Gasteiger partial charge in [0.2, 0.25) is 0 Å². The zero-order chi connectivity index (χ0) is 18.4. The monoisotopic (exact) mass is 340 g/mol. The number of amides is 1. The van der Waals surface area contributed by atoms with Gasteiger partial charge in [-0.2, -0.15) is 0 Å². The molecule has 2 N–H and O–H groups in total. The summed E-state index contributed by atoms with van der Waals surface area (Å²) in [5.74, 6) is 1.41. The van der Waals surface area contributed by atoms with Gasteiger partial charge in [-0.1, -0.05) is 18.2 Å². The van der Waals surface area contributed by atoms with E-state index in [4.69, 9.17) is 15.2 Å². The number of hydrogen-bond donors (Lipinski definition) is 1. The fraction of sp³-hybridized carbons (Fsp3) is 0.250. The average Bonchev–Trinajstić information content (AvgIpc) is 2.61. The molecule has 0 radical (unpaired) electrons. The molecule has 1 amide bonds. The van der Waals surface area contributed by atoms with E-state index >= 15 is 0 Å². The van der Waals surface area contributed by atoms with Crippen molar-refractivity contribution in [2.24, 2.45) is 0 Å². The smallest absolute Gasteiger partial charge is 0.253 e. The molecule has 2 aromatic rings. The lowest BCUT2D eigenvalue weighted by molar-refractivity contribution is 0.0826. The van der Waals surface area contributed by atoms with Crippen LogP contribution in [-0.4, -0.2) is 39.1 Å². The summed E-state index contributed by atoms with van der Waals surface area (Å²) >= 11 is 0. The van der Waals surface area contributed by atoms with Crippen molar-refractivity contribution in [3.05, 3.63) is 59.2 Å². The van der Waals surface area contributed by atoms with Crippen LogP contribution in [0.1, 0.15) is 21.5 Å². The molecule has 0 aromatic heterocycles. The van der Waals surface area contributed by atoms with Gasteiger partial charge in [-0.05, 0) is 41.8 Å². The van der Waals surface area contributed by atoms with Gasteiger partial charge >= 0.3 is 0 Å². The van der Waals surface area contributed by atoms with E-state index in [0.29, 0.717) is 17.7 Å². The van der Waals surface area contributed by atoms with E-state index in [1.165, 1.54) is 0 Å². The molecule has 2 aromatic carbocycles. The predicted octanol–water partition coefficient (Wildman–Crippen LogP) is 3.24. The van der Waals surface area contributed by atoms with Gasteiger partial charge in [0, 0.05) is 31.4 Å². The van der Waals surface area contributed by atoms with Gasteiger partial charge in [0.15, 0.2) is 0 Å². The molecule has 2 rings (SSSR count). The molecule has 0 heterocycles. The Kier molecular flexibility index (Phi) is 6.06. The first kappa shape index (κ1) is 18.4. The third-order valence-electron chi connectivity index (χ3n) is 3.79. The number of benzene rings is 2. The number of rotatable bonds is 6. The molecule has 5 nitrogen and oxygen atoms in total. The summed E-state index contributed by atoms with van der Waals surface area (Å²) in [6.07, 6.45) is 4.60. The van der Waals surface area contributed by atoms with Gasteiger partial charge in [0.05, 0.1) is 14.2 Å². The van der Waals surface area contributed by atoms with Gasteiger partial charge in [0.25, 0.3) is 5.91 Å². The quantitative estimate of drug-likeness (QED) is 0.820. The van der Waals surface area contributed by atoms with Crippen LogP contribution in [0.2, 0.25) is 0 Å². The fourth-order valence-electron chi connectivity index (χ4n) is 2.46. The van der Waals surface area contributed by atoms with Crippen LogP contribution < -0.4 is 15.2 Å². The minimum atomic E-state index is -0.0567. The average molecular weight is 340 g/mol. The summed E-state index contributed by atoms with van der Waals surface area (Å²) in [7, 11) is 6.70. The molecule has 0 atom stereocenters. The van der Waals surface area contributed by atoms with Crippen LogP contribution in [0, 0.1) is 0 Å². The van der Waals surface area contributed by atoms with Crippen LogP contribution in [-0.2, 0) is 6.42 Å². The van der Waals surface area contributed by atoms with Crippen molar-refractivity contribution < 1.29 is 14.3 Å². The molecule has 5 heteroatoms. The number of allylic oxidation sites excluding steroid dienone is 1. The van der Waals surface area contributed by atoms with Crippen LogP contribution in [0.3, 0.4) is 0 Å². The molecule has 25 heavy (non-hydrogen) atoms. The van der Waals surface area contributed by atoms with E-state index in [1.54, 1.807) is 39.3 Å². The Morgan fingerprint density at radius 1 is 1.08 bits per heavy atom. The van der Waals surface area contributed by atoms with E-state index in [2.05, 4.69) is 0 Å². The van der Waals surface area contributed by atoms with Crippen molar-refractivity contribution in [2.75, 3.05) is 34.0 Å². The van der Waals surface area contributed by atoms with Crippen molar-refractivity contribution in [1.29, 1.82) is 0 Å². The van der Waals surface area contributed by atoms with Gasteiger partial charge in [0.1, 0.15) is 11.5 Å². The van der Waals surface area contributed by atoms with Crippen molar-refractivity contribution in [2.45, 2.75) is 6.42 Å². The first-order valence-electron chi connectivity index (χ1n) is 7.94. The van der Waals surface area contributed by atoms with E-state index in [0.717, 1.165) is 22.6 Å². The van der Waals surface area contributed by atoms with E-state index in [-0.39, 0.29) is 5.91 Å². The highest BCUT2D eigenvalue weighted by Gasteiger charge is 2.12. The molecule has 0 aliphatic rings. The number of nitrogens with two attached hydrogens (primary N) is 1. The molecule has 0 spiro atoms. The molecular formula is C20H24N2O3. The maximum atomic E-state index is 12.3. The lowest BCUT2D eigenvalue weighted by atomic mass is 10.0. The largest absolute Gasteiger partial charge is 0.497 e. The molecule has 132 valence electrons. The number of carbonyl (C=O) groups is 1. The normalized spacial score (nSPS) is 10.7. The van der Waals surface area contributed by atoms with Crippen molar-refractivity contribution >= 4 is 17.7 Å². The summed E-state index contributed by atoms with van der Waals surface area (Å²) in [4.78, 5) is 13.9. The fourth-order valence-corrected chi connectivity index (χ4v) is 2.46. The first-order valence-corrected chi connectivity index (χ1v) is 7.94. The van der Waals surface area contributed by atoms with E-state index < -0.39 is 0 Å². The van der Waals surface area contributed by atoms with Crippen LogP contribution in [0.5, 0.6) is 11.5 Å². The lowest BCUT2D eigenvalue weighted by Gasteiger charge is -2.14. The molecular weight excluding hydrogens is 316 g/mol. The third kappa shape index (κ3) is 4.76. The summed E-state index contributed by atoms with van der Waals surface area (Å²) in [5.41, 5.74) is 8.93. The number of ether oxygens (including phenoxy) is 2. The number of nitrogens with zero attached hydrogens (tertiary/aromatic N) is 1. The zero-order valence-corrected chi connectivity index (χ0v) is 15.1. The predicted molar refractivity (Wildman–Crippen MR) is 101 cm³/mol. The Hall–Kier alpha value is -2.95. The van der Waals surface area contributed by atoms with Crippen LogP contribution in [0.25, 0.3) is 6.08 Å². The van der Waals surface area contributed by atoms with Crippen molar-refractivity contribution in [3.8, 4) is 11.5 Å². The number of methoxy groups -OCH3 is 2. The number of anilines is 1. The molecule has 0 aliphatic heterocycles. The second-order valence-electron chi connectivity index (χ2n) is 5.87. The molecule has 0 bridgehead atoms. The Morgan fingerprint density at radius 3 is 2.28 bits per heavy atom. The van der Waals surface area contributed by atoms with E-state index in [1.807, 2.05) is 42.5 Å². The summed E-state index contributed by atoms with van der Waals surface area (Å²) in [6, 6.07) is 11.1. The second-order valence-corrected chi connectivity index (χ2v) is 5.87. The molecule has 0 unspecified atom stereocenters. The van der Waals surface area contributed by atoms with Gasteiger partial charge in [-0.25, -0.2) is 0 Å². The maximum Gasteiger partial charge on any atom is 0.253 e. The minimum absolute atomic E-state index is 0.0567. The number of carbonyl (C=O) groups excluding carboxylic acids is 1. The topological polar surface area (TPSA) is 64.8 Å². The van der Waals surface area contributed by atoms with Crippen molar-refractivity contribution in [1.82, 2.24) is 4.90 Å². The Morgan fingerprint density at radius 2 is 1.72 bits per heavy atom. The van der Waals surface area contributed by atoms with Gasteiger partial charge in [-0.3, -0.25) is 4.79 Å². The molecule has 0 saturated heterocycles. The number of nitrogen functional groups attached to an aromatic ring is 1. The summed E-state index contributed by atoms with van der Waals surface area (Å²) < 4.78 is 10.5.